The summed E-state index contributed by atoms with van der Waals surface area (Å²) in [5.41, 5.74) is 1.63. The number of aryl methyl sites for hydroxylation is 1. The van der Waals surface area contributed by atoms with Crippen LogP contribution >= 0.6 is 0 Å². The first kappa shape index (κ1) is 16.0. The molecule has 0 radical (unpaired) electrons. The quantitative estimate of drug-likeness (QED) is 0.681. The average molecular weight is 329 g/mol. The van der Waals surface area contributed by atoms with Gasteiger partial charge >= 0.3 is 0 Å². The van der Waals surface area contributed by atoms with E-state index in [2.05, 4.69) is 15.3 Å². The molecule has 24 heavy (non-hydrogen) atoms. The van der Waals surface area contributed by atoms with Gasteiger partial charge in [-0.1, -0.05) is 0 Å². The fourth-order valence-corrected chi connectivity index (χ4v) is 2.87. The molecule has 8 nitrogen and oxygen atoms in total. The number of amides is 1. The van der Waals surface area contributed by atoms with Gasteiger partial charge in [-0.05, 0) is 25.0 Å². The van der Waals surface area contributed by atoms with Gasteiger partial charge in [-0.25, -0.2) is 0 Å². The lowest BCUT2D eigenvalue weighted by atomic mass is 10.0. The Balaban J connectivity index is 1.53. The summed E-state index contributed by atoms with van der Waals surface area (Å²) in [4.78, 5) is 24.6. The van der Waals surface area contributed by atoms with Gasteiger partial charge in [0.2, 0.25) is 0 Å². The van der Waals surface area contributed by atoms with Crippen molar-refractivity contribution in [1.29, 1.82) is 0 Å². The lowest BCUT2D eigenvalue weighted by molar-refractivity contribution is -0.384. The number of hydrogen-bond donors (Lipinski definition) is 1. The minimum Gasteiger partial charge on any atom is -0.371 e. The van der Waals surface area contributed by atoms with Crippen molar-refractivity contribution in [2.45, 2.75) is 18.9 Å². The van der Waals surface area contributed by atoms with E-state index in [0.717, 1.165) is 31.6 Å². The molecule has 3 rings (SSSR count). The van der Waals surface area contributed by atoms with E-state index in [-0.39, 0.29) is 17.6 Å². The molecule has 0 saturated carbocycles. The summed E-state index contributed by atoms with van der Waals surface area (Å²) in [7, 11) is 1.78. The third-order valence-electron chi connectivity index (χ3n) is 4.22. The number of carbonyl (C=O) groups is 1. The summed E-state index contributed by atoms with van der Waals surface area (Å²) in [5.74, 6) is -0.100. The van der Waals surface area contributed by atoms with Gasteiger partial charge in [-0.3, -0.25) is 19.6 Å². The Morgan fingerprint density at radius 3 is 2.50 bits per heavy atom. The molecular formula is C16H19N5O3. The monoisotopic (exact) mass is 329 g/mol. The molecule has 0 atom stereocenters. The van der Waals surface area contributed by atoms with Crippen molar-refractivity contribution in [2.24, 2.45) is 7.05 Å². The van der Waals surface area contributed by atoms with Crippen molar-refractivity contribution in [1.82, 2.24) is 15.1 Å². The van der Waals surface area contributed by atoms with Crippen molar-refractivity contribution < 1.29 is 9.72 Å². The van der Waals surface area contributed by atoms with E-state index in [1.54, 1.807) is 36.3 Å². The summed E-state index contributed by atoms with van der Waals surface area (Å²) < 4.78 is 1.60. The van der Waals surface area contributed by atoms with Crippen LogP contribution in [-0.4, -0.2) is 39.7 Å². The fourth-order valence-electron chi connectivity index (χ4n) is 2.87. The number of nitrogens with zero attached hydrogens (tertiary/aromatic N) is 4. The Kier molecular flexibility index (Phi) is 4.45. The summed E-state index contributed by atoms with van der Waals surface area (Å²) in [6, 6.07) is 6.71. The highest BCUT2D eigenvalue weighted by Crippen LogP contribution is 2.23. The summed E-state index contributed by atoms with van der Waals surface area (Å²) in [6.45, 7) is 1.60. The number of aromatic nitrogens is 2. The third kappa shape index (κ3) is 3.53. The van der Waals surface area contributed by atoms with Gasteiger partial charge < -0.3 is 10.2 Å². The molecule has 0 unspecified atom stereocenters. The van der Waals surface area contributed by atoms with Gasteiger partial charge in [-0.15, -0.1) is 0 Å². The molecule has 1 aliphatic heterocycles. The highest BCUT2D eigenvalue weighted by atomic mass is 16.6. The van der Waals surface area contributed by atoms with Gasteiger partial charge in [0.1, 0.15) is 0 Å². The molecular weight excluding hydrogens is 310 g/mol. The molecule has 1 aliphatic rings. The number of benzene rings is 1. The fraction of sp³-hybridized carbons (Fsp3) is 0.375. The van der Waals surface area contributed by atoms with Crippen molar-refractivity contribution in [3.05, 3.63) is 52.3 Å². The Morgan fingerprint density at radius 2 is 1.96 bits per heavy atom. The smallest absolute Gasteiger partial charge is 0.269 e. The highest BCUT2D eigenvalue weighted by molar-refractivity contribution is 5.93. The van der Waals surface area contributed by atoms with Crippen LogP contribution in [-0.2, 0) is 7.05 Å². The van der Waals surface area contributed by atoms with Crippen molar-refractivity contribution >= 4 is 17.3 Å². The van der Waals surface area contributed by atoms with E-state index in [1.807, 2.05) is 0 Å². The van der Waals surface area contributed by atoms with Crippen molar-refractivity contribution in [3.8, 4) is 0 Å². The van der Waals surface area contributed by atoms with Crippen LogP contribution in [0.15, 0.2) is 36.7 Å². The number of nitro benzene ring substituents is 1. The van der Waals surface area contributed by atoms with Crippen LogP contribution in [0.1, 0.15) is 23.2 Å². The third-order valence-corrected chi connectivity index (χ3v) is 4.22. The maximum Gasteiger partial charge on any atom is 0.269 e. The topological polar surface area (TPSA) is 93.3 Å². The van der Waals surface area contributed by atoms with Crippen LogP contribution in [0, 0.1) is 10.1 Å². The molecule has 2 heterocycles. The largest absolute Gasteiger partial charge is 0.371 e. The first-order valence-corrected chi connectivity index (χ1v) is 7.82. The maximum atomic E-state index is 12.1. The number of anilines is 1. The Morgan fingerprint density at radius 1 is 1.29 bits per heavy atom. The number of piperidine rings is 1. The molecule has 1 N–H and O–H groups in total. The first-order chi connectivity index (χ1) is 11.5. The average Bonchev–Trinajstić information content (AvgIpc) is 3.02. The normalized spacial score (nSPS) is 15.3. The molecule has 0 bridgehead atoms. The number of hydrogen-bond acceptors (Lipinski definition) is 5. The van der Waals surface area contributed by atoms with Gasteiger partial charge in [-0.2, -0.15) is 5.10 Å². The number of nitrogens with one attached hydrogen (secondary N) is 1. The maximum absolute atomic E-state index is 12.1. The van der Waals surface area contributed by atoms with Gasteiger partial charge in [0.15, 0.2) is 0 Å². The van der Waals surface area contributed by atoms with Gasteiger partial charge in [0.25, 0.3) is 11.6 Å². The number of non-ortho nitro benzene ring substituents is 1. The molecule has 1 fully saturated rings. The van der Waals surface area contributed by atoms with E-state index in [0.29, 0.717) is 5.56 Å². The molecule has 2 aromatic rings. The van der Waals surface area contributed by atoms with Crippen LogP contribution in [0.5, 0.6) is 0 Å². The number of nitro groups is 1. The standard InChI is InChI=1S/C16H19N5O3/c1-19-11-12(10-17-19)16(22)18-13-6-8-20(9-7-13)14-2-4-15(5-3-14)21(23)24/h2-5,10-11,13H,6-9H2,1H3,(H,18,22). The minimum absolute atomic E-state index is 0.0948. The van der Waals surface area contributed by atoms with E-state index in [9.17, 15) is 14.9 Å². The predicted octanol–water partition coefficient (Wildman–Crippen LogP) is 1.73. The van der Waals surface area contributed by atoms with E-state index >= 15 is 0 Å². The molecule has 8 heteroatoms. The Hall–Kier alpha value is -2.90. The summed E-state index contributed by atoms with van der Waals surface area (Å²) in [6.07, 6.45) is 4.93. The summed E-state index contributed by atoms with van der Waals surface area (Å²) >= 11 is 0. The van der Waals surface area contributed by atoms with E-state index in [4.69, 9.17) is 0 Å². The number of carbonyl (C=O) groups excluding carboxylic acids is 1. The van der Waals surface area contributed by atoms with Crippen LogP contribution in [0.3, 0.4) is 0 Å². The van der Waals surface area contributed by atoms with E-state index in [1.165, 1.54) is 12.1 Å². The minimum atomic E-state index is -0.399. The second-order valence-electron chi connectivity index (χ2n) is 5.91. The van der Waals surface area contributed by atoms with Crippen LogP contribution in [0.2, 0.25) is 0 Å². The molecule has 126 valence electrons. The Labute approximate surface area is 139 Å². The molecule has 0 spiro atoms. The number of rotatable bonds is 4. The lowest BCUT2D eigenvalue weighted by Gasteiger charge is -2.33. The lowest BCUT2D eigenvalue weighted by Crippen LogP contribution is -2.44. The zero-order valence-electron chi connectivity index (χ0n) is 13.4. The molecule has 1 aromatic heterocycles. The summed E-state index contributed by atoms with van der Waals surface area (Å²) in [5, 5.41) is 17.7. The van der Waals surface area contributed by atoms with Crippen LogP contribution in [0.25, 0.3) is 0 Å². The zero-order valence-corrected chi connectivity index (χ0v) is 13.4. The predicted molar refractivity (Wildman–Crippen MR) is 89.0 cm³/mol. The van der Waals surface area contributed by atoms with Gasteiger partial charge in [0.05, 0.1) is 16.7 Å². The van der Waals surface area contributed by atoms with E-state index < -0.39 is 4.92 Å². The molecule has 1 saturated heterocycles. The van der Waals surface area contributed by atoms with Crippen molar-refractivity contribution in [2.75, 3.05) is 18.0 Å². The second-order valence-corrected chi connectivity index (χ2v) is 5.91. The highest BCUT2D eigenvalue weighted by Gasteiger charge is 2.22. The SMILES string of the molecule is Cn1cc(C(=O)NC2CCN(c3ccc([N+](=O)[O-])cc3)CC2)cn1. The molecule has 1 amide bonds. The Bertz CT molecular complexity index is 732. The first-order valence-electron chi connectivity index (χ1n) is 7.82. The van der Waals surface area contributed by atoms with Crippen molar-refractivity contribution in [3.63, 3.8) is 0 Å². The molecule has 0 aliphatic carbocycles. The van der Waals surface area contributed by atoms with Gasteiger partial charge in [0, 0.05) is 50.2 Å². The molecule has 1 aromatic carbocycles. The van der Waals surface area contributed by atoms with Crippen LogP contribution in [0.4, 0.5) is 11.4 Å². The van der Waals surface area contributed by atoms with Crippen LogP contribution < -0.4 is 10.2 Å². The second kappa shape index (κ2) is 6.69. The zero-order chi connectivity index (χ0) is 17.1.